The van der Waals surface area contributed by atoms with E-state index in [4.69, 9.17) is 34.8 Å². The molecule has 15 aromatic carbocycles. The molecular weight excluding hydrogens is 1650 g/mol. The van der Waals surface area contributed by atoms with Gasteiger partial charge in [-0.1, -0.05) is 211 Å². The van der Waals surface area contributed by atoms with E-state index in [1.807, 2.05) is 48.5 Å². The van der Waals surface area contributed by atoms with Crippen molar-refractivity contribution in [2.24, 2.45) is 0 Å². The first-order chi connectivity index (χ1) is 55.7. The lowest BCUT2D eigenvalue weighted by molar-refractivity contribution is 1.17. The number of nitrogens with zero attached hydrogens (tertiary/aromatic N) is 7. The van der Waals surface area contributed by atoms with Gasteiger partial charge in [0.15, 0.2) is 0 Å². The number of hydrogen-bond donors (Lipinski definition) is 0. The van der Waals surface area contributed by atoms with Crippen LogP contribution in [-0.4, -0.2) is 28.2 Å². The van der Waals surface area contributed by atoms with Crippen molar-refractivity contribution < 1.29 is 0 Å². The molecule has 7 nitrogen and oxygen atoms in total. The number of aryl methyl sites for hydroxylation is 8. The average molecular weight is 1730 g/mol. The Balaban J connectivity index is 0.000000109. The van der Waals surface area contributed by atoms with E-state index in [1.165, 1.54) is 141 Å². The lowest BCUT2D eigenvalue weighted by atomic mass is 10.0. The van der Waals surface area contributed by atoms with Crippen LogP contribution in [0.4, 0.5) is 0 Å². The molecule has 5 aromatic heterocycles. The molecule has 20 aromatic rings. The lowest BCUT2D eigenvalue weighted by Gasteiger charge is -2.11. The van der Waals surface area contributed by atoms with E-state index in [-0.39, 0.29) is 5.28 Å². The number of fused-ring (bicyclic) bond motifs is 12. The number of aromatic nitrogens is 6. The summed E-state index contributed by atoms with van der Waals surface area (Å²) in [5.74, 6) is 0. The van der Waals surface area contributed by atoms with Gasteiger partial charge in [-0.3, -0.25) is 0 Å². The quantitative estimate of drug-likeness (QED) is 0.118. The molecule has 0 saturated carbocycles. The molecule has 115 heavy (non-hydrogen) atoms. The second-order valence-corrected chi connectivity index (χ2v) is 32.8. The lowest BCUT2D eigenvalue weighted by Crippen LogP contribution is -1.94. The van der Waals surface area contributed by atoms with Gasteiger partial charge in [-0.2, -0.15) is 5.26 Å². The highest BCUT2D eigenvalue weighted by atomic mass is 127. The highest BCUT2D eigenvalue weighted by Gasteiger charge is 2.18. The summed E-state index contributed by atoms with van der Waals surface area (Å²) in [6.07, 6.45) is 0. The molecular formula is C103H78BrCl3IN7. The first kappa shape index (κ1) is 77.1. The van der Waals surface area contributed by atoms with E-state index in [0.717, 1.165) is 65.2 Å². The normalized spacial score (nSPS) is 11.2. The summed E-state index contributed by atoms with van der Waals surface area (Å²) >= 11 is 24.1. The van der Waals surface area contributed by atoms with Crippen LogP contribution in [0.1, 0.15) is 50.1 Å². The SMILES string of the molecule is Cc1cc(C)cc(-c2cc(-c3cc(C)cc(C)c3)nc(Cl)n2)c1.Cc1ccc2c(c1)c1cc(C)ccc1n2-c1cccc(I)c1.Cc1ccc2c(c1)c1ccccc1n2-c1ccc(Cl)cc1.Cc1ccc2c(c1)c1ccccc1n2-c1ccc(Cl)cc1.N#Cc1cc(Br)cc(-c2cccc(-n3c4ccccc4c4ccccc43)c2)c1. The van der Waals surface area contributed by atoms with Gasteiger partial charge in [0.05, 0.1) is 67.2 Å². The second-order valence-electron chi connectivity index (χ2n) is 29.5. The van der Waals surface area contributed by atoms with Crippen molar-refractivity contribution in [2.45, 2.75) is 55.4 Å². The van der Waals surface area contributed by atoms with E-state index in [0.29, 0.717) is 5.56 Å². The van der Waals surface area contributed by atoms with Gasteiger partial charge in [-0.05, 0) is 301 Å². The van der Waals surface area contributed by atoms with E-state index < -0.39 is 0 Å². The molecule has 0 amide bonds. The Hall–Kier alpha value is -11.9. The van der Waals surface area contributed by atoms with E-state index >= 15 is 0 Å². The molecule has 5 heterocycles. The molecule has 0 N–H and O–H groups in total. The first-order valence-corrected chi connectivity index (χ1v) is 41.1. The van der Waals surface area contributed by atoms with Crippen LogP contribution in [0, 0.1) is 70.3 Å². The Morgan fingerprint density at radius 1 is 0.278 bits per heavy atom. The Bertz CT molecular complexity index is 6780. The summed E-state index contributed by atoms with van der Waals surface area (Å²) in [5.41, 5.74) is 31.0. The molecule has 12 heteroatoms. The van der Waals surface area contributed by atoms with Crippen LogP contribution in [-0.2, 0) is 0 Å². The monoisotopic (exact) mass is 1720 g/mol. The van der Waals surface area contributed by atoms with Gasteiger partial charge in [0.25, 0.3) is 0 Å². The molecule has 0 spiro atoms. The Labute approximate surface area is 706 Å². The predicted octanol–water partition coefficient (Wildman–Crippen LogP) is 30.3. The Morgan fingerprint density at radius 2 is 0.617 bits per heavy atom. The third kappa shape index (κ3) is 16.4. The molecule has 0 aliphatic rings. The molecule has 0 aliphatic carbocycles. The van der Waals surface area contributed by atoms with Crippen LogP contribution in [0.25, 0.3) is 144 Å². The van der Waals surface area contributed by atoms with Crippen molar-refractivity contribution >= 4 is 161 Å². The molecule has 0 atom stereocenters. The van der Waals surface area contributed by atoms with Crippen LogP contribution in [0.2, 0.25) is 15.3 Å². The van der Waals surface area contributed by atoms with Gasteiger partial charge in [0.1, 0.15) is 0 Å². The fourth-order valence-electron chi connectivity index (χ4n) is 15.9. The van der Waals surface area contributed by atoms with E-state index in [1.54, 1.807) is 0 Å². The zero-order valence-corrected chi connectivity index (χ0v) is 70.7. The summed E-state index contributed by atoms with van der Waals surface area (Å²) in [6.45, 7) is 16.9. The molecule has 20 rings (SSSR count). The third-order valence-electron chi connectivity index (χ3n) is 20.7. The van der Waals surface area contributed by atoms with Crippen LogP contribution in [0.5, 0.6) is 0 Å². The summed E-state index contributed by atoms with van der Waals surface area (Å²) in [6, 6.07) is 117. The maximum atomic E-state index is 9.30. The fraction of sp³-hybridized carbons (Fsp3) is 0.0777. The summed E-state index contributed by atoms with van der Waals surface area (Å²) in [5, 5.41) is 21.4. The van der Waals surface area contributed by atoms with E-state index in [9.17, 15) is 5.26 Å². The first-order valence-electron chi connectivity index (χ1n) is 38.1. The van der Waals surface area contributed by atoms with Crippen molar-refractivity contribution in [3.05, 3.63) is 401 Å². The number of nitriles is 1. The fourth-order valence-corrected chi connectivity index (χ4v) is 17.3. The molecule has 0 saturated heterocycles. The second kappa shape index (κ2) is 33.3. The maximum Gasteiger partial charge on any atom is 0.223 e. The topological polar surface area (TPSA) is 69.3 Å². The van der Waals surface area contributed by atoms with Crippen molar-refractivity contribution in [2.75, 3.05) is 0 Å². The van der Waals surface area contributed by atoms with Gasteiger partial charge >= 0.3 is 0 Å². The minimum absolute atomic E-state index is 0.274. The molecule has 0 radical (unpaired) electrons. The minimum atomic E-state index is 0.274. The van der Waals surface area contributed by atoms with Crippen LogP contribution < -0.4 is 0 Å². The third-order valence-corrected chi connectivity index (χ3v) is 22.5. The molecule has 0 unspecified atom stereocenters. The van der Waals surface area contributed by atoms with Gasteiger partial charge in [-0.15, -0.1) is 0 Å². The predicted molar refractivity (Wildman–Crippen MR) is 500 cm³/mol. The van der Waals surface area contributed by atoms with Crippen molar-refractivity contribution in [3.63, 3.8) is 0 Å². The van der Waals surface area contributed by atoms with Gasteiger partial charge in [0, 0.05) is 95.1 Å². The van der Waals surface area contributed by atoms with Crippen molar-refractivity contribution in [3.8, 4) is 62.5 Å². The van der Waals surface area contributed by atoms with Crippen LogP contribution in [0.3, 0.4) is 0 Å². The van der Waals surface area contributed by atoms with E-state index in [2.05, 4.69) is 407 Å². The van der Waals surface area contributed by atoms with Crippen LogP contribution >= 0.6 is 73.3 Å². The number of para-hydroxylation sites is 4. The smallest absolute Gasteiger partial charge is 0.223 e. The summed E-state index contributed by atoms with van der Waals surface area (Å²) < 4.78 is 11.4. The van der Waals surface area contributed by atoms with Gasteiger partial charge in [0.2, 0.25) is 5.28 Å². The minimum Gasteiger partial charge on any atom is -0.309 e. The number of halogens is 5. The van der Waals surface area contributed by atoms with Gasteiger partial charge in [-0.25, -0.2) is 9.97 Å². The highest BCUT2D eigenvalue weighted by Crippen LogP contribution is 2.39. The zero-order valence-electron chi connectivity index (χ0n) is 64.7. The largest absolute Gasteiger partial charge is 0.309 e. The summed E-state index contributed by atoms with van der Waals surface area (Å²) in [7, 11) is 0. The molecule has 0 fully saturated rings. The van der Waals surface area contributed by atoms with Crippen molar-refractivity contribution in [1.82, 2.24) is 28.2 Å². The Kier molecular flexibility index (Phi) is 22.3. The molecule has 0 aliphatic heterocycles. The highest BCUT2D eigenvalue weighted by molar-refractivity contribution is 14.1. The maximum absolute atomic E-state index is 9.30. The number of rotatable bonds is 7. The molecule has 0 bridgehead atoms. The van der Waals surface area contributed by atoms with Crippen LogP contribution in [0.15, 0.2) is 332 Å². The average Bonchev–Trinajstić information content (AvgIpc) is 1.61. The zero-order chi connectivity index (χ0) is 79.7. The standard InChI is InChI=1S/C25H15BrN2.C20H19ClN2.C20H16IN.2C19H14ClN/c26-20-13-17(16-27)12-19(14-20)18-6-5-7-21(15-18)28-24-10-3-1-8-22(24)23-9-2-4-11-25(23)28;1-12-5-13(2)8-16(7-12)18-11-19(23-20(21)22-18)17-9-14(3)6-15(4)10-17;1-13-6-8-19-17(10-13)18-11-14(2)7-9-20(18)22(19)16-5-3-4-15(21)12-16;2*1-13-6-11-19-17(12-13)16-4-2-3-5-18(16)21(19)15-9-7-14(20)8-10-15/h1-15H;5-11H,1-4H3;3-12H,1-2H3;2*2-12H,1H3. The van der Waals surface area contributed by atoms with Gasteiger partial charge < -0.3 is 18.3 Å². The number of benzene rings is 15. The van der Waals surface area contributed by atoms with Crippen molar-refractivity contribution in [1.29, 1.82) is 5.26 Å². The number of hydrogen-bond acceptors (Lipinski definition) is 3. The summed E-state index contributed by atoms with van der Waals surface area (Å²) in [4.78, 5) is 8.82. The Morgan fingerprint density at radius 3 is 1.00 bits per heavy atom. The molecule has 560 valence electrons.